The van der Waals surface area contributed by atoms with Gasteiger partial charge in [0.25, 0.3) is 0 Å². The van der Waals surface area contributed by atoms with Crippen molar-refractivity contribution in [3.05, 3.63) is 65.7 Å². The number of hydrogen-bond acceptors (Lipinski definition) is 5. The first-order valence-electron chi connectivity index (χ1n) is 12.2. The van der Waals surface area contributed by atoms with Gasteiger partial charge in [0.15, 0.2) is 0 Å². The number of ether oxygens (including phenoxy) is 1. The molecule has 0 saturated carbocycles. The van der Waals surface area contributed by atoms with Gasteiger partial charge in [0.05, 0.1) is 23.9 Å². The van der Waals surface area contributed by atoms with Crippen LogP contribution in [0.2, 0.25) is 0 Å². The summed E-state index contributed by atoms with van der Waals surface area (Å²) in [4.78, 5) is 27.9. The minimum absolute atomic E-state index is 0.0490. The van der Waals surface area contributed by atoms with E-state index in [1.807, 2.05) is 71.3 Å². The van der Waals surface area contributed by atoms with E-state index in [-0.39, 0.29) is 28.6 Å². The third kappa shape index (κ3) is 5.58. The van der Waals surface area contributed by atoms with Crippen molar-refractivity contribution in [1.82, 2.24) is 15.5 Å². The number of rotatable bonds is 8. The number of piperidine rings is 1. The van der Waals surface area contributed by atoms with E-state index in [9.17, 15) is 9.59 Å². The molecule has 4 rings (SSSR count). The molecule has 2 aromatic carbocycles. The Hall–Kier alpha value is -2.51. The van der Waals surface area contributed by atoms with Crippen LogP contribution in [0.25, 0.3) is 0 Å². The number of carbonyl (C=O) groups excluding carboxylic acids is 2. The molecule has 182 valence electrons. The van der Waals surface area contributed by atoms with E-state index >= 15 is 0 Å². The highest BCUT2D eigenvalue weighted by Gasteiger charge is 2.44. The third-order valence-corrected chi connectivity index (χ3v) is 8.54. The van der Waals surface area contributed by atoms with E-state index < -0.39 is 0 Å². The molecule has 0 radical (unpaired) electrons. The molecule has 2 fully saturated rings. The maximum atomic E-state index is 13.2. The second kappa shape index (κ2) is 11.3. The van der Waals surface area contributed by atoms with Crippen LogP contribution in [0.1, 0.15) is 43.2 Å². The summed E-state index contributed by atoms with van der Waals surface area (Å²) in [6, 6.07) is 17.8. The summed E-state index contributed by atoms with van der Waals surface area (Å²) in [5, 5.41) is 6.68. The third-order valence-electron chi connectivity index (χ3n) is 6.96. The first-order chi connectivity index (χ1) is 16.5. The lowest BCUT2D eigenvalue weighted by Gasteiger charge is -2.40. The molecule has 2 aliphatic rings. The molecule has 2 atom stereocenters. The van der Waals surface area contributed by atoms with Crippen LogP contribution in [-0.2, 0) is 16.0 Å². The number of benzene rings is 2. The average Bonchev–Trinajstić information content (AvgIpc) is 3.29. The summed E-state index contributed by atoms with van der Waals surface area (Å²) in [6.45, 7) is 4.11. The number of amides is 2. The van der Waals surface area contributed by atoms with Crippen LogP contribution < -0.4 is 15.4 Å². The van der Waals surface area contributed by atoms with Crippen molar-refractivity contribution >= 4 is 23.6 Å². The summed E-state index contributed by atoms with van der Waals surface area (Å²) >= 11 is 1.83. The molecule has 2 amide bonds. The SMILES string of the molecule is CCC(C(=O)N1CCC2(CC1)NC(C(=O)NCCc1ccccc1OC)CS2)c1ccccc1. The molecule has 0 aliphatic carbocycles. The zero-order valence-corrected chi connectivity index (χ0v) is 20.9. The highest BCUT2D eigenvalue weighted by molar-refractivity contribution is 8.01. The first-order valence-corrected chi connectivity index (χ1v) is 13.2. The van der Waals surface area contributed by atoms with E-state index in [4.69, 9.17) is 4.74 Å². The Labute approximate surface area is 206 Å². The Morgan fingerprint density at radius 2 is 1.85 bits per heavy atom. The van der Waals surface area contributed by atoms with Crippen LogP contribution in [0, 0.1) is 0 Å². The molecule has 2 aromatic rings. The molecule has 7 heteroatoms. The maximum Gasteiger partial charge on any atom is 0.238 e. The Morgan fingerprint density at radius 1 is 1.15 bits per heavy atom. The largest absolute Gasteiger partial charge is 0.496 e. The van der Waals surface area contributed by atoms with Crippen LogP contribution in [0.15, 0.2) is 54.6 Å². The Kier molecular flexibility index (Phi) is 8.16. The van der Waals surface area contributed by atoms with E-state index in [0.717, 1.165) is 61.4 Å². The number of likely N-dealkylation sites (tertiary alicyclic amines) is 1. The lowest BCUT2D eigenvalue weighted by molar-refractivity contribution is -0.134. The molecular weight excluding hydrogens is 446 g/mol. The fraction of sp³-hybridized carbons (Fsp3) is 0.481. The summed E-state index contributed by atoms with van der Waals surface area (Å²) in [7, 11) is 1.67. The normalized spacial score (nSPS) is 20.2. The van der Waals surface area contributed by atoms with E-state index in [2.05, 4.69) is 17.6 Å². The number of methoxy groups -OCH3 is 1. The lowest BCUT2D eigenvalue weighted by Crippen LogP contribution is -2.54. The summed E-state index contributed by atoms with van der Waals surface area (Å²) in [6.07, 6.45) is 3.26. The minimum Gasteiger partial charge on any atom is -0.496 e. The van der Waals surface area contributed by atoms with Crippen molar-refractivity contribution in [3.63, 3.8) is 0 Å². The first kappa shape index (κ1) is 24.6. The molecular formula is C27H35N3O3S. The molecule has 0 aromatic heterocycles. The topological polar surface area (TPSA) is 70.7 Å². The van der Waals surface area contributed by atoms with Crippen LogP contribution in [-0.4, -0.2) is 60.1 Å². The molecule has 2 heterocycles. The molecule has 2 unspecified atom stereocenters. The number of para-hydroxylation sites is 1. The second-order valence-electron chi connectivity index (χ2n) is 9.05. The molecule has 2 saturated heterocycles. The van der Waals surface area contributed by atoms with E-state index in [0.29, 0.717) is 6.54 Å². The maximum absolute atomic E-state index is 13.2. The average molecular weight is 482 g/mol. The van der Waals surface area contributed by atoms with Gasteiger partial charge in [-0.3, -0.25) is 14.9 Å². The molecule has 0 bridgehead atoms. The van der Waals surface area contributed by atoms with Crippen molar-refractivity contribution in [1.29, 1.82) is 0 Å². The van der Waals surface area contributed by atoms with Gasteiger partial charge in [0, 0.05) is 25.4 Å². The minimum atomic E-state index is -0.197. The summed E-state index contributed by atoms with van der Waals surface area (Å²) in [5.74, 6) is 1.80. The quantitative estimate of drug-likeness (QED) is 0.603. The van der Waals surface area contributed by atoms with Gasteiger partial charge >= 0.3 is 0 Å². The molecule has 2 aliphatic heterocycles. The van der Waals surface area contributed by atoms with Gasteiger partial charge in [-0.1, -0.05) is 55.5 Å². The van der Waals surface area contributed by atoms with Crippen LogP contribution in [0.3, 0.4) is 0 Å². The smallest absolute Gasteiger partial charge is 0.238 e. The standard InChI is InChI=1S/C27H35N3O3S/c1-3-22(20-9-5-4-6-10-20)26(32)30-17-14-27(15-18-30)29-23(19-34-27)25(31)28-16-13-21-11-7-8-12-24(21)33-2/h4-12,22-23,29H,3,13-19H2,1-2H3,(H,28,31). The van der Waals surface area contributed by atoms with Gasteiger partial charge in [0.1, 0.15) is 5.75 Å². The number of hydrogen-bond donors (Lipinski definition) is 2. The number of thioether (sulfide) groups is 1. The monoisotopic (exact) mass is 481 g/mol. The summed E-state index contributed by atoms with van der Waals surface area (Å²) in [5.41, 5.74) is 2.18. The molecule has 6 nitrogen and oxygen atoms in total. The van der Waals surface area contributed by atoms with Gasteiger partial charge in [-0.25, -0.2) is 0 Å². The van der Waals surface area contributed by atoms with E-state index in [1.54, 1.807) is 7.11 Å². The zero-order chi connectivity index (χ0) is 24.0. The highest BCUT2D eigenvalue weighted by Crippen LogP contribution is 2.40. The van der Waals surface area contributed by atoms with Gasteiger partial charge in [-0.05, 0) is 42.9 Å². The van der Waals surface area contributed by atoms with Crippen LogP contribution in [0.4, 0.5) is 0 Å². The highest BCUT2D eigenvalue weighted by atomic mass is 32.2. The Morgan fingerprint density at radius 3 is 2.56 bits per heavy atom. The van der Waals surface area contributed by atoms with E-state index in [1.165, 1.54) is 0 Å². The lowest BCUT2D eigenvalue weighted by atomic mass is 9.93. The van der Waals surface area contributed by atoms with Crippen LogP contribution in [0.5, 0.6) is 5.75 Å². The van der Waals surface area contributed by atoms with Gasteiger partial charge in [-0.15, -0.1) is 11.8 Å². The number of nitrogens with zero attached hydrogens (tertiary/aromatic N) is 1. The zero-order valence-electron chi connectivity index (χ0n) is 20.1. The van der Waals surface area contributed by atoms with Gasteiger partial charge in [0.2, 0.25) is 11.8 Å². The molecule has 1 spiro atoms. The van der Waals surface area contributed by atoms with Crippen molar-refractivity contribution in [2.75, 3.05) is 32.5 Å². The number of carbonyl (C=O) groups is 2. The van der Waals surface area contributed by atoms with Gasteiger partial charge < -0.3 is 15.0 Å². The Balaban J connectivity index is 1.25. The van der Waals surface area contributed by atoms with Crippen molar-refractivity contribution < 1.29 is 14.3 Å². The van der Waals surface area contributed by atoms with Crippen molar-refractivity contribution in [3.8, 4) is 5.75 Å². The van der Waals surface area contributed by atoms with Crippen LogP contribution >= 0.6 is 11.8 Å². The van der Waals surface area contributed by atoms with Crippen molar-refractivity contribution in [2.24, 2.45) is 0 Å². The summed E-state index contributed by atoms with van der Waals surface area (Å²) < 4.78 is 5.39. The van der Waals surface area contributed by atoms with Gasteiger partial charge in [-0.2, -0.15) is 0 Å². The number of nitrogens with one attached hydrogen (secondary N) is 2. The molecule has 34 heavy (non-hydrogen) atoms. The predicted octanol–water partition coefficient (Wildman–Crippen LogP) is 3.57. The second-order valence-corrected chi connectivity index (χ2v) is 10.5. The van der Waals surface area contributed by atoms with Crippen molar-refractivity contribution in [2.45, 2.75) is 49.4 Å². The fourth-order valence-corrected chi connectivity index (χ4v) is 6.39. The molecule has 2 N–H and O–H groups in total. The fourth-order valence-electron chi connectivity index (χ4n) is 4.97. The Bertz CT molecular complexity index is 976. The predicted molar refractivity (Wildman–Crippen MR) is 137 cm³/mol.